The number of rotatable bonds is 7. The lowest BCUT2D eigenvalue weighted by atomic mass is 10.2. The fraction of sp³-hybridized carbons (Fsp3) is 0.286. The van der Waals surface area contributed by atoms with Crippen LogP contribution in [0, 0.1) is 12.7 Å². The number of methoxy groups -OCH3 is 1. The first-order chi connectivity index (χ1) is 14.1. The molecule has 0 bridgehead atoms. The zero-order valence-electron chi connectivity index (χ0n) is 16.2. The van der Waals surface area contributed by atoms with Gasteiger partial charge in [-0.3, -0.25) is 9.36 Å². The van der Waals surface area contributed by atoms with Crippen LogP contribution in [0.1, 0.15) is 24.4 Å². The Morgan fingerprint density at radius 2 is 2.07 bits per heavy atom. The third-order valence-corrected chi connectivity index (χ3v) is 5.60. The second kappa shape index (κ2) is 8.24. The molecule has 1 amide bonds. The van der Waals surface area contributed by atoms with E-state index in [0.717, 1.165) is 18.4 Å². The van der Waals surface area contributed by atoms with E-state index in [1.807, 2.05) is 29.7 Å². The van der Waals surface area contributed by atoms with Gasteiger partial charge in [-0.05, 0) is 49.6 Å². The van der Waals surface area contributed by atoms with Gasteiger partial charge in [0.15, 0.2) is 11.0 Å². The van der Waals surface area contributed by atoms with Gasteiger partial charge in [0.05, 0.1) is 24.1 Å². The van der Waals surface area contributed by atoms with Gasteiger partial charge in [0, 0.05) is 6.04 Å². The average Bonchev–Trinajstić information content (AvgIpc) is 3.46. The van der Waals surface area contributed by atoms with Gasteiger partial charge in [0.25, 0.3) is 0 Å². The Morgan fingerprint density at radius 1 is 1.28 bits per heavy atom. The van der Waals surface area contributed by atoms with Gasteiger partial charge in [0.1, 0.15) is 11.6 Å². The maximum Gasteiger partial charge on any atom is 0.234 e. The van der Waals surface area contributed by atoms with Crippen molar-refractivity contribution in [2.45, 2.75) is 31.0 Å². The van der Waals surface area contributed by atoms with E-state index < -0.39 is 0 Å². The van der Waals surface area contributed by atoms with Gasteiger partial charge in [-0.15, -0.1) is 10.2 Å². The molecule has 1 aliphatic carbocycles. The second-order valence-corrected chi connectivity index (χ2v) is 7.87. The van der Waals surface area contributed by atoms with Crippen LogP contribution in [0.5, 0.6) is 5.75 Å². The highest BCUT2D eigenvalue weighted by atomic mass is 32.2. The van der Waals surface area contributed by atoms with Crippen molar-refractivity contribution in [1.29, 1.82) is 0 Å². The number of hydrogen-bond acceptors (Lipinski definition) is 5. The molecule has 0 aliphatic heterocycles. The minimum Gasteiger partial charge on any atom is -0.495 e. The van der Waals surface area contributed by atoms with E-state index in [1.165, 1.54) is 17.8 Å². The third kappa shape index (κ3) is 4.27. The minimum absolute atomic E-state index is 0.166. The van der Waals surface area contributed by atoms with E-state index in [4.69, 9.17) is 4.74 Å². The maximum atomic E-state index is 14.2. The molecule has 2 aromatic carbocycles. The van der Waals surface area contributed by atoms with Gasteiger partial charge >= 0.3 is 0 Å². The van der Waals surface area contributed by atoms with Crippen LogP contribution in [0.25, 0.3) is 11.4 Å². The van der Waals surface area contributed by atoms with E-state index in [0.29, 0.717) is 28.0 Å². The van der Waals surface area contributed by atoms with E-state index >= 15 is 0 Å². The average molecular weight is 412 g/mol. The summed E-state index contributed by atoms with van der Waals surface area (Å²) in [5.74, 6) is 0.782. The number of anilines is 1. The van der Waals surface area contributed by atoms with Crippen LogP contribution in [0.15, 0.2) is 47.6 Å². The van der Waals surface area contributed by atoms with Gasteiger partial charge in [-0.25, -0.2) is 4.39 Å². The molecular weight excluding hydrogens is 391 g/mol. The number of benzene rings is 2. The first kappa shape index (κ1) is 19.4. The monoisotopic (exact) mass is 412 g/mol. The zero-order chi connectivity index (χ0) is 20.4. The largest absolute Gasteiger partial charge is 0.495 e. The Kier molecular flexibility index (Phi) is 5.53. The lowest BCUT2D eigenvalue weighted by molar-refractivity contribution is -0.113. The summed E-state index contributed by atoms with van der Waals surface area (Å²) >= 11 is 1.30. The van der Waals surface area contributed by atoms with Crippen molar-refractivity contribution in [2.24, 2.45) is 0 Å². The molecule has 1 aromatic heterocycles. The van der Waals surface area contributed by atoms with Gasteiger partial charge in [-0.2, -0.15) is 0 Å². The van der Waals surface area contributed by atoms with Crippen molar-refractivity contribution in [3.63, 3.8) is 0 Å². The quantitative estimate of drug-likeness (QED) is 0.580. The standard InChI is InChI=1S/C21H21FN4O2S/c1-13-7-10-18(28-2)17(11-13)23-19(27)12-29-21-25-24-20(26(21)14-8-9-14)15-5-3-4-6-16(15)22/h3-7,10-11,14H,8-9,12H2,1-2H3,(H,23,27). The Hall–Kier alpha value is -2.87. The van der Waals surface area contributed by atoms with Crippen LogP contribution in [-0.4, -0.2) is 33.5 Å². The number of carbonyl (C=O) groups is 1. The predicted octanol–water partition coefficient (Wildman–Crippen LogP) is 4.47. The Labute approximate surface area is 172 Å². The number of ether oxygens (including phenoxy) is 1. The molecule has 8 heteroatoms. The summed E-state index contributed by atoms with van der Waals surface area (Å²) in [7, 11) is 1.57. The molecule has 3 aromatic rings. The van der Waals surface area contributed by atoms with Crippen molar-refractivity contribution in [3.05, 3.63) is 53.8 Å². The summed E-state index contributed by atoms with van der Waals surface area (Å²) in [5.41, 5.74) is 2.08. The molecule has 4 rings (SSSR count). The number of nitrogens with one attached hydrogen (secondary N) is 1. The zero-order valence-corrected chi connectivity index (χ0v) is 17.0. The molecule has 1 N–H and O–H groups in total. The summed E-state index contributed by atoms with van der Waals surface area (Å²) < 4.78 is 21.5. The first-order valence-electron chi connectivity index (χ1n) is 9.34. The number of amides is 1. The number of carbonyl (C=O) groups excluding carboxylic acids is 1. The number of thioether (sulfide) groups is 1. The van der Waals surface area contributed by atoms with E-state index in [1.54, 1.807) is 25.3 Å². The van der Waals surface area contributed by atoms with E-state index in [2.05, 4.69) is 15.5 Å². The van der Waals surface area contributed by atoms with Crippen molar-refractivity contribution in [3.8, 4) is 17.1 Å². The second-order valence-electron chi connectivity index (χ2n) is 6.93. The molecule has 6 nitrogen and oxygen atoms in total. The minimum atomic E-state index is -0.331. The van der Waals surface area contributed by atoms with Gasteiger partial charge in [-0.1, -0.05) is 30.0 Å². The van der Waals surface area contributed by atoms with Crippen molar-refractivity contribution in [2.75, 3.05) is 18.2 Å². The fourth-order valence-corrected chi connectivity index (χ4v) is 3.90. The number of aromatic nitrogens is 3. The molecule has 1 saturated carbocycles. The molecule has 1 fully saturated rings. The Balaban J connectivity index is 1.50. The Morgan fingerprint density at radius 3 is 2.79 bits per heavy atom. The summed E-state index contributed by atoms with van der Waals surface area (Å²) in [6.07, 6.45) is 2.00. The number of aryl methyl sites for hydroxylation is 1. The molecule has 0 saturated heterocycles. The molecule has 0 atom stereocenters. The van der Waals surface area contributed by atoms with Crippen LogP contribution in [0.2, 0.25) is 0 Å². The molecule has 0 radical (unpaired) electrons. The van der Waals surface area contributed by atoms with Crippen LogP contribution in [0.3, 0.4) is 0 Å². The fourth-order valence-electron chi connectivity index (χ4n) is 3.10. The lowest BCUT2D eigenvalue weighted by Crippen LogP contribution is -2.15. The topological polar surface area (TPSA) is 69.0 Å². The molecule has 150 valence electrons. The highest BCUT2D eigenvalue weighted by Crippen LogP contribution is 2.41. The first-order valence-corrected chi connectivity index (χ1v) is 10.3. The van der Waals surface area contributed by atoms with Crippen LogP contribution < -0.4 is 10.1 Å². The summed E-state index contributed by atoms with van der Waals surface area (Å²) in [4.78, 5) is 12.5. The van der Waals surface area contributed by atoms with E-state index in [-0.39, 0.29) is 23.5 Å². The highest BCUT2D eigenvalue weighted by Gasteiger charge is 2.31. The van der Waals surface area contributed by atoms with Crippen LogP contribution >= 0.6 is 11.8 Å². The molecule has 0 spiro atoms. The van der Waals surface area contributed by atoms with Crippen molar-refractivity contribution in [1.82, 2.24) is 14.8 Å². The summed E-state index contributed by atoms with van der Waals surface area (Å²) in [6.45, 7) is 1.95. The molecule has 29 heavy (non-hydrogen) atoms. The predicted molar refractivity (Wildman–Crippen MR) is 111 cm³/mol. The number of halogens is 1. The molecule has 1 heterocycles. The smallest absolute Gasteiger partial charge is 0.234 e. The van der Waals surface area contributed by atoms with Crippen LogP contribution in [0.4, 0.5) is 10.1 Å². The van der Waals surface area contributed by atoms with E-state index in [9.17, 15) is 9.18 Å². The maximum absolute atomic E-state index is 14.2. The normalized spacial score (nSPS) is 13.3. The summed E-state index contributed by atoms with van der Waals surface area (Å²) in [6, 6.07) is 12.4. The lowest BCUT2D eigenvalue weighted by Gasteiger charge is -2.11. The van der Waals surface area contributed by atoms with Crippen molar-refractivity contribution >= 4 is 23.4 Å². The van der Waals surface area contributed by atoms with Gasteiger partial charge in [0.2, 0.25) is 5.91 Å². The summed E-state index contributed by atoms with van der Waals surface area (Å²) in [5, 5.41) is 11.9. The van der Waals surface area contributed by atoms with Gasteiger partial charge < -0.3 is 10.1 Å². The van der Waals surface area contributed by atoms with Crippen molar-refractivity contribution < 1.29 is 13.9 Å². The molecule has 0 unspecified atom stereocenters. The highest BCUT2D eigenvalue weighted by molar-refractivity contribution is 7.99. The van der Waals surface area contributed by atoms with Crippen LogP contribution in [-0.2, 0) is 4.79 Å². The third-order valence-electron chi connectivity index (χ3n) is 4.65. The molecule has 1 aliphatic rings. The SMILES string of the molecule is COc1ccc(C)cc1NC(=O)CSc1nnc(-c2ccccc2F)n1C1CC1. The molecular formula is C21H21FN4O2S. The number of nitrogens with zero attached hydrogens (tertiary/aromatic N) is 3. The number of hydrogen-bond donors (Lipinski definition) is 1. The Bertz CT molecular complexity index is 1050.